The molecule has 0 radical (unpaired) electrons. The van der Waals surface area contributed by atoms with Gasteiger partial charge in [-0.25, -0.2) is 0 Å². The Morgan fingerprint density at radius 1 is 0.649 bits per heavy atom. The van der Waals surface area contributed by atoms with Gasteiger partial charge in [0, 0.05) is 6.42 Å². The molecule has 0 atom stereocenters. The highest BCUT2D eigenvalue weighted by Crippen LogP contribution is 2.94. The van der Waals surface area contributed by atoms with E-state index in [0.29, 0.717) is 55.2 Å². The van der Waals surface area contributed by atoms with Crippen LogP contribution in [0.4, 0.5) is 0 Å². The normalized spacial score (nSPS) is 32.5. The molecular formula is C36H70O. The second-order valence-corrected chi connectivity index (χ2v) is 17.7. The van der Waals surface area contributed by atoms with Crippen LogP contribution in [0.3, 0.4) is 0 Å². The SMILES string of the molecule is CC(C)(C)C.CC1(C)C(C)(C)C2(C)C(C)(C)C(C)(C)C1(C)C2(C)C.CC1(C)C=CCCC1.CCC(C)=O. The molecule has 0 N–H and O–H groups in total. The van der Waals surface area contributed by atoms with E-state index in [0.717, 1.165) is 0 Å². The van der Waals surface area contributed by atoms with E-state index in [4.69, 9.17) is 0 Å². The van der Waals surface area contributed by atoms with E-state index in [1.165, 1.54) is 19.3 Å². The van der Waals surface area contributed by atoms with E-state index in [1.54, 1.807) is 6.92 Å². The molecule has 2 saturated carbocycles. The third-order valence-corrected chi connectivity index (χ3v) is 12.9. The fourth-order valence-electron chi connectivity index (χ4n) is 8.85. The molecule has 0 heterocycles. The van der Waals surface area contributed by atoms with Gasteiger partial charge in [-0.15, -0.1) is 0 Å². The zero-order valence-electron chi connectivity index (χ0n) is 29.4. The predicted octanol–water partition coefficient (Wildman–Crippen LogP) is 11.9. The summed E-state index contributed by atoms with van der Waals surface area (Å²) in [7, 11) is 0. The van der Waals surface area contributed by atoms with Crippen LogP contribution in [0.25, 0.3) is 0 Å². The van der Waals surface area contributed by atoms with Gasteiger partial charge in [-0.05, 0) is 74.9 Å². The standard InChI is InChI=1S/C19H36.C8H14.C5H12.C4H8O/c1-13(2)14(3,4)19(12)16(7,8)15(5,6)18(13,11)17(19,9)10;1-8(2)6-4-3-5-7-8;1-5(2,3)4;1-3-4(2)5/h1-12H3;4,6H,3,5,7H2,1-2H3;1-4H3;3H2,1-2H3. The molecule has 3 aliphatic rings. The number of ketones is 1. The van der Waals surface area contributed by atoms with Crippen LogP contribution in [0.1, 0.15) is 164 Å². The molecule has 2 fully saturated rings. The first-order valence-electron chi connectivity index (χ1n) is 15.1. The summed E-state index contributed by atoms with van der Waals surface area (Å²) < 4.78 is 0. The smallest absolute Gasteiger partial charge is 0.129 e. The molecule has 3 rings (SSSR count). The van der Waals surface area contributed by atoms with Crippen molar-refractivity contribution in [2.75, 3.05) is 0 Å². The van der Waals surface area contributed by atoms with Gasteiger partial charge in [0.15, 0.2) is 0 Å². The second-order valence-electron chi connectivity index (χ2n) is 17.7. The molecule has 0 unspecified atom stereocenters. The summed E-state index contributed by atoms with van der Waals surface area (Å²) in [6.07, 6.45) is 9.33. The van der Waals surface area contributed by atoms with Crippen molar-refractivity contribution in [1.82, 2.24) is 0 Å². The molecule has 1 nitrogen and oxygen atoms in total. The number of carbonyl (C=O) groups excluding carboxylic acids is 1. The Bertz CT molecular complexity index is 730. The molecule has 0 aromatic heterocycles. The third-order valence-electron chi connectivity index (χ3n) is 12.9. The van der Waals surface area contributed by atoms with Crippen LogP contribution in [0.5, 0.6) is 0 Å². The minimum absolute atomic E-state index is 0.255. The van der Waals surface area contributed by atoms with Crippen LogP contribution >= 0.6 is 0 Å². The lowest BCUT2D eigenvalue weighted by Gasteiger charge is -2.67. The quantitative estimate of drug-likeness (QED) is 0.315. The van der Waals surface area contributed by atoms with Crippen LogP contribution in [0.2, 0.25) is 0 Å². The van der Waals surface area contributed by atoms with Crippen molar-refractivity contribution in [3.63, 3.8) is 0 Å². The van der Waals surface area contributed by atoms with E-state index >= 15 is 0 Å². The van der Waals surface area contributed by atoms with Gasteiger partial charge in [0.1, 0.15) is 5.78 Å². The minimum Gasteiger partial charge on any atom is -0.300 e. The first-order valence-corrected chi connectivity index (χ1v) is 15.1. The van der Waals surface area contributed by atoms with Gasteiger partial charge in [-0.1, -0.05) is 144 Å². The average molecular weight is 519 g/mol. The van der Waals surface area contributed by atoms with E-state index in [9.17, 15) is 4.79 Å². The molecular weight excluding hydrogens is 448 g/mol. The molecule has 0 aromatic carbocycles. The van der Waals surface area contributed by atoms with Crippen LogP contribution in [0, 0.1) is 48.7 Å². The van der Waals surface area contributed by atoms with Crippen LogP contribution in [0.15, 0.2) is 12.2 Å². The molecule has 0 aromatic rings. The van der Waals surface area contributed by atoms with Crippen LogP contribution < -0.4 is 0 Å². The first-order chi connectivity index (χ1) is 16.0. The summed E-state index contributed by atoms with van der Waals surface area (Å²) in [5.74, 6) is 0.255. The van der Waals surface area contributed by atoms with E-state index < -0.39 is 0 Å². The lowest BCUT2D eigenvalue weighted by atomic mass is 9.37. The molecule has 2 bridgehead atoms. The number of hydrogen-bond acceptors (Lipinski definition) is 1. The Morgan fingerprint density at radius 3 is 1.03 bits per heavy atom. The maximum Gasteiger partial charge on any atom is 0.129 e. The van der Waals surface area contributed by atoms with Gasteiger partial charge < -0.3 is 4.79 Å². The number of hydrogen-bond donors (Lipinski definition) is 0. The minimum atomic E-state index is 0.255. The van der Waals surface area contributed by atoms with Crippen molar-refractivity contribution in [2.24, 2.45) is 48.7 Å². The van der Waals surface area contributed by atoms with E-state index in [1.807, 2.05) is 6.92 Å². The Labute approximate surface area is 235 Å². The average Bonchev–Trinajstić information content (AvgIpc) is 2.80. The Morgan fingerprint density at radius 2 is 0.919 bits per heavy atom. The summed E-state index contributed by atoms with van der Waals surface area (Å²) in [4.78, 5) is 9.81. The highest BCUT2D eigenvalue weighted by molar-refractivity contribution is 5.74. The molecule has 3 aliphatic carbocycles. The van der Waals surface area contributed by atoms with Crippen molar-refractivity contribution >= 4 is 5.78 Å². The summed E-state index contributed by atoms with van der Waals surface area (Å²) in [6, 6.07) is 0. The van der Waals surface area contributed by atoms with Crippen LogP contribution in [-0.4, -0.2) is 5.78 Å². The molecule has 37 heavy (non-hydrogen) atoms. The monoisotopic (exact) mass is 519 g/mol. The van der Waals surface area contributed by atoms with Crippen LogP contribution in [-0.2, 0) is 4.79 Å². The number of allylic oxidation sites excluding steroid dienone is 2. The molecule has 0 amide bonds. The van der Waals surface area contributed by atoms with Crippen molar-refractivity contribution in [3.8, 4) is 0 Å². The lowest BCUT2D eigenvalue weighted by Crippen LogP contribution is -2.61. The second kappa shape index (κ2) is 10.8. The van der Waals surface area contributed by atoms with Crippen molar-refractivity contribution in [3.05, 3.63) is 12.2 Å². The molecule has 0 saturated heterocycles. The topological polar surface area (TPSA) is 17.1 Å². The Hall–Kier alpha value is -0.590. The Kier molecular flexibility index (Phi) is 10.6. The first kappa shape index (κ1) is 36.4. The summed E-state index contributed by atoms with van der Waals surface area (Å²) in [6.45, 7) is 47.2. The summed E-state index contributed by atoms with van der Waals surface area (Å²) in [5, 5.41) is 0. The largest absolute Gasteiger partial charge is 0.300 e. The lowest BCUT2D eigenvalue weighted by molar-refractivity contribution is -0.193. The number of fused-ring (bicyclic) bond motifs is 2. The zero-order chi connectivity index (χ0) is 30.3. The maximum atomic E-state index is 9.81. The van der Waals surface area contributed by atoms with E-state index in [-0.39, 0.29) is 5.78 Å². The van der Waals surface area contributed by atoms with Crippen molar-refractivity contribution in [2.45, 2.75) is 164 Å². The fraction of sp³-hybridized carbons (Fsp3) is 0.917. The number of rotatable bonds is 1. The van der Waals surface area contributed by atoms with Gasteiger partial charge in [0.05, 0.1) is 0 Å². The van der Waals surface area contributed by atoms with Gasteiger partial charge in [-0.3, -0.25) is 0 Å². The van der Waals surface area contributed by atoms with E-state index in [2.05, 4.69) is 137 Å². The third kappa shape index (κ3) is 5.68. The fourth-order valence-corrected chi connectivity index (χ4v) is 8.85. The summed E-state index contributed by atoms with van der Waals surface area (Å²) >= 11 is 0. The molecule has 0 spiro atoms. The summed E-state index contributed by atoms with van der Waals surface area (Å²) in [5.41, 5.74) is 3.31. The predicted molar refractivity (Wildman–Crippen MR) is 168 cm³/mol. The van der Waals surface area contributed by atoms with Gasteiger partial charge in [0.25, 0.3) is 0 Å². The van der Waals surface area contributed by atoms with Crippen molar-refractivity contribution in [1.29, 1.82) is 0 Å². The van der Waals surface area contributed by atoms with Gasteiger partial charge in [0.2, 0.25) is 0 Å². The van der Waals surface area contributed by atoms with Gasteiger partial charge in [-0.2, -0.15) is 0 Å². The highest BCUT2D eigenvalue weighted by atomic mass is 16.1. The molecule has 0 aliphatic heterocycles. The number of Topliss-reactive ketones (excluding diaryl/α,β-unsaturated/α-hetero) is 1. The maximum absolute atomic E-state index is 9.81. The Balaban J connectivity index is 0.000000589. The molecule has 220 valence electrons. The van der Waals surface area contributed by atoms with Gasteiger partial charge >= 0.3 is 0 Å². The van der Waals surface area contributed by atoms with Crippen molar-refractivity contribution < 1.29 is 4.79 Å². The number of carbonyl (C=O) groups is 1. The highest BCUT2D eigenvalue weighted by Gasteiger charge is 2.88. The zero-order valence-corrected chi connectivity index (χ0v) is 29.4. The molecule has 1 heteroatoms.